The molecule has 0 amide bonds. The van der Waals surface area contributed by atoms with Crippen molar-refractivity contribution in [3.8, 4) is 10.6 Å². The molecule has 27 heavy (non-hydrogen) atoms. The highest BCUT2D eigenvalue weighted by Crippen LogP contribution is 2.34. The van der Waals surface area contributed by atoms with Gasteiger partial charge >= 0.3 is 0 Å². The number of rotatable bonds is 4. The van der Waals surface area contributed by atoms with Crippen LogP contribution in [-0.4, -0.2) is 18.4 Å². The highest BCUT2D eigenvalue weighted by atomic mass is 32.2. The van der Waals surface area contributed by atoms with Crippen LogP contribution in [-0.2, 0) is 10.0 Å². The van der Waals surface area contributed by atoms with Crippen molar-refractivity contribution >= 4 is 37.4 Å². The summed E-state index contributed by atoms with van der Waals surface area (Å²) in [6.07, 6.45) is 1.71. The second-order valence-electron chi connectivity index (χ2n) is 5.89. The maximum absolute atomic E-state index is 13.4. The van der Waals surface area contributed by atoms with Gasteiger partial charge in [-0.25, -0.2) is 22.8 Å². The van der Waals surface area contributed by atoms with Crippen LogP contribution in [0.3, 0.4) is 0 Å². The van der Waals surface area contributed by atoms with Crippen LogP contribution >= 0.6 is 11.3 Å². The fourth-order valence-electron chi connectivity index (χ4n) is 2.70. The molecule has 5 nitrogen and oxygen atoms in total. The Kier molecular flexibility index (Phi) is 4.37. The van der Waals surface area contributed by atoms with E-state index >= 15 is 0 Å². The lowest BCUT2D eigenvalue weighted by Gasteiger charge is -2.13. The van der Waals surface area contributed by atoms with Crippen LogP contribution in [0.5, 0.6) is 0 Å². The highest BCUT2D eigenvalue weighted by Gasteiger charge is 2.18. The molecule has 2 aromatic carbocycles. The Morgan fingerprint density at radius 1 is 1.07 bits per heavy atom. The first-order chi connectivity index (χ1) is 12.9. The van der Waals surface area contributed by atoms with Crippen molar-refractivity contribution in [2.24, 2.45) is 0 Å². The lowest BCUT2D eigenvalue weighted by atomic mass is 10.1. The van der Waals surface area contributed by atoms with Crippen LogP contribution in [0.2, 0.25) is 0 Å². The van der Waals surface area contributed by atoms with Gasteiger partial charge in [-0.3, -0.25) is 4.72 Å². The molecule has 0 fully saturated rings. The van der Waals surface area contributed by atoms with Gasteiger partial charge in [-0.2, -0.15) is 0 Å². The Hall–Kier alpha value is -2.84. The minimum atomic E-state index is -3.90. The van der Waals surface area contributed by atoms with E-state index in [4.69, 9.17) is 0 Å². The number of hydrogen-bond acceptors (Lipinski definition) is 5. The molecule has 0 aliphatic rings. The average molecular weight is 399 g/mol. The number of halogens is 1. The van der Waals surface area contributed by atoms with Gasteiger partial charge in [0.15, 0.2) is 0 Å². The molecule has 0 saturated heterocycles. The van der Waals surface area contributed by atoms with E-state index in [0.29, 0.717) is 5.69 Å². The molecule has 0 bridgehead atoms. The predicted molar refractivity (Wildman–Crippen MR) is 105 cm³/mol. The van der Waals surface area contributed by atoms with E-state index in [9.17, 15) is 12.8 Å². The molecule has 2 heterocycles. The Bertz CT molecular complexity index is 1220. The molecular formula is C19H14FN3O2S2. The number of sulfonamides is 1. The van der Waals surface area contributed by atoms with E-state index in [-0.39, 0.29) is 4.90 Å². The van der Waals surface area contributed by atoms with Gasteiger partial charge in [0.2, 0.25) is 0 Å². The summed E-state index contributed by atoms with van der Waals surface area (Å²) in [6, 6.07) is 13.9. The molecule has 4 rings (SSSR count). The maximum Gasteiger partial charge on any atom is 0.262 e. The third-order valence-corrected chi connectivity index (χ3v) is 6.46. The van der Waals surface area contributed by atoms with Gasteiger partial charge in [-0.15, -0.1) is 0 Å². The van der Waals surface area contributed by atoms with E-state index < -0.39 is 15.8 Å². The largest absolute Gasteiger partial charge is 0.279 e. The maximum atomic E-state index is 13.4. The summed E-state index contributed by atoms with van der Waals surface area (Å²) in [6.45, 7) is 1.82. The smallest absolute Gasteiger partial charge is 0.262 e. The van der Waals surface area contributed by atoms with E-state index in [1.165, 1.54) is 29.5 Å². The molecule has 0 aliphatic heterocycles. The minimum Gasteiger partial charge on any atom is -0.279 e. The summed E-state index contributed by atoms with van der Waals surface area (Å²) in [7, 11) is -3.90. The minimum absolute atomic E-state index is 0.128. The van der Waals surface area contributed by atoms with Crippen LogP contribution in [0.4, 0.5) is 10.1 Å². The van der Waals surface area contributed by atoms with Gasteiger partial charge in [-0.1, -0.05) is 29.5 Å². The summed E-state index contributed by atoms with van der Waals surface area (Å²) >= 11 is 1.44. The molecule has 0 saturated carbocycles. The highest BCUT2D eigenvalue weighted by molar-refractivity contribution is 7.92. The van der Waals surface area contributed by atoms with Crippen molar-refractivity contribution in [3.05, 3.63) is 72.2 Å². The molecule has 2 aromatic heterocycles. The van der Waals surface area contributed by atoms with Crippen molar-refractivity contribution < 1.29 is 12.8 Å². The lowest BCUT2D eigenvalue weighted by Crippen LogP contribution is -2.14. The van der Waals surface area contributed by atoms with Gasteiger partial charge in [0, 0.05) is 11.8 Å². The molecule has 0 unspecified atom stereocenters. The van der Waals surface area contributed by atoms with Crippen LogP contribution in [0.15, 0.2) is 65.7 Å². The quantitative estimate of drug-likeness (QED) is 0.544. The number of pyridine rings is 1. The monoisotopic (exact) mass is 399 g/mol. The van der Waals surface area contributed by atoms with E-state index in [2.05, 4.69) is 14.7 Å². The first kappa shape index (κ1) is 17.6. The van der Waals surface area contributed by atoms with Crippen molar-refractivity contribution in [1.29, 1.82) is 0 Å². The lowest BCUT2D eigenvalue weighted by molar-refractivity contribution is 0.595. The molecule has 0 spiro atoms. The second-order valence-corrected chi connectivity index (χ2v) is 8.55. The van der Waals surface area contributed by atoms with Gasteiger partial charge in [0.25, 0.3) is 10.0 Å². The third-order valence-electron chi connectivity index (χ3n) is 4.08. The number of thiazole rings is 1. The summed E-state index contributed by atoms with van der Waals surface area (Å²) in [5.41, 5.74) is 2.76. The van der Waals surface area contributed by atoms with Crippen LogP contribution in [0, 0.1) is 12.7 Å². The molecule has 136 valence electrons. The summed E-state index contributed by atoms with van der Waals surface area (Å²) in [5.74, 6) is -0.606. The third kappa shape index (κ3) is 3.41. The zero-order valence-corrected chi connectivity index (χ0v) is 15.8. The molecule has 0 atom stereocenters. The van der Waals surface area contributed by atoms with Gasteiger partial charge < -0.3 is 0 Å². The topological polar surface area (TPSA) is 72.0 Å². The Balaban J connectivity index is 1.74. The first-order valence-electron chi connectivity index (χ1n) is 8.04. The van der Waals surface area contributed by atoms with Crippen molar-refractivity contribution in [3.63, 3.8) is 0 Å². The zero-order valence-electron chi connectivity index (χ0n) is 14.2. The Labute approximate surface area is 159 Å². The van der Waals surface area contributed by atoms with Gasteiger partial charge in [0.1, 0.15) is 21.2 Å². The zero-order chi connectivity index (χ0) is 19.0. The predicted octanol–water partition coefficient (Wildman–Crippen LogP) is 4.61. The standard InChI is InChI=1S/C19H14FN3O2S2/c1-12-15(18-22-17-9-4-10-21-19(17)26-18)7-3-8-16(12)23-27(24,25)14-6-2-5-13(20)11-14/h2-11,23H,1H3. The Morgan fingerprint density at radius 3 is 2.67 bits per heavy atom. The molecule has 8 heteroatoms. The number of nitrogens with one attached hydrogen (secondary N) is 1. The van der Waals surface area contributed by atoms with Gasteiger partial charge in [-0.05, 0) is 48.9 Å². The fourth-order valence-corrected chi connectivity index (χ4v) is 4.84. The SMILES string of the molecule is Cc1c(NS(=O)(=O)c2cccc(F)c2)cccc1-c1nc2cccnc2s1. The number of aromatic nitrogens is 2. The summed E-state index contributed by atoms with van der Waals surface area (Å²) in [5, 5.41) is 0.757. The second kappa shape index (κ2) is 6.71. The molecular weight excluding hydrogens is 385 g/mol. The number of nitrogens with zero attached hydrogens (tertiary/aromatic N) is 2. The van der Waals surface area contributed by atoms with Gasteiger partial charge in [0.05, 0.1) is 10.6 Å². The molecule has 4 aromatic rings. The fraction of sp³-hybridized carbons (Fsp3) is 0.0526. The first-order valence-corrected chi connectivity index (χ1v) is 10.3. The molecule has 0 radical (unpaired) electrons. The average Bonchev–Trinajstić information content (AvgIpc) is 3.07. The number of fused-ring (bicyclic) bond motifs is 1. The number of hydrogen-bond donors (Lipinski definition) is 1. The van der Waals surface area contributed by atoms with E-state index in [0.717, 1.165) is 32.5 Å². The summed E-state index contributed by atoms with van der Waals surface area (Å²) in [4.78, 5) is 9.57. The number of benzene rings is 2. The van der Waals surface area contributed by atoms with Crippen molar-refractivity contribution in [2.75, 3.05) is 4.72 Å². The van der Waals surface area contributed by atoms with Crippen molar-refractivity contribution in [2.45, 2.75) is 11.8 Å². The summed E-state index contributed by atoms with van der Waals surface area (Å²) < 4.78 is 41.1. The van der Waals surface area contributed by atoms with Crippen LogP contribution in [0.25, 0.3) is 20.9 Å². The number of anilines is 1. The van der Waals surface area contributed by atoms with E-state index in [1.807, 2.05) is 25.1 Å². The normalized spacial score (nSPS) is 11.6. The Morgan fingerprint density at radius 2 is 1.89 bits per heavy atom. The molecule has 1 N–H and O–H groups in total. The van der Waals surface area contributed by atoms with Crippen molar-refractivity contribution in [1.82, 2.24) is 9.97 Å². The molecule has 0 aliphatic carbocycles. The van der Waals surface area contributed by atoms with Crippen LogP contribution in [0.1, 0.15) is 5.56 Å². The van der Waals surface area contributed by atoms with Crippen LogP contribution < -0.4 is 4.72 Å². The van der Waals surface area contributed by atoms with E-state index in [1.54, 1.807) is 18.3 Å².